The van der Waals surface area contributed by atoms with E-state index in [0.717, 1.165) is 18.9 Å². The SMILES string of the molecule is CCC(C)C(=N/C=C(\C)c1nc(NC2CCN(S(C)(=O)=O)CC2)ncc1C(F)(F)F)OC(C)C. The number of aliphatic imine (C=N–C) groups is 1. The van der Waals surface area contributed by atoms with Crippen LogP contribution in [-0.2, 0) is 20.9 Å². The maximum absolute atomic E-state index is 13.7. The normalized spacial score (nSPS) is 18.3. The molecule has 0 aliphatic carbocycles. The van der Waals surface area contributed by atoms with Crippen LogP contribution in [0.2, 0.25) is 0 Å². The molecule has 0 spiro atoms. The Morgan fingerprint density at radius 2 is 1.94 bits per heavy atom. The predicted octanol–water partition coefficient (Wildman–Crippen LogP) is 4.56. The zero-order valence-corrected chi connectivity index (χ0v) is 21.3. The van der Waals surface area contributed by atoms with Gasteiger partial charge in [0.25, 0.3) is 0 Å². The second-order valence-corrected chi connectivity index (χ2v) is 10.8. The van der Waals surface area contributed by atoms with Crippen molar-refractivity contribution in [2.75, 3.05) is 24.7 Å². The molecule has 1 fully saturated rings. The fourth-order valence-corrected chi connectivity index (χ4v) is 4.26. The number of sulfonamides is 1. The fourth-order valence-electron chi connectivity index (χ4n) is 3.39. The molecule has 0 saturated carbocycles. The molecule has 1 unspecified atom stereocenters. The molecule has 0 bridgehead atoms. The summed E-state index contributed by atoms with van der Waals surface area (Å²) in [4.78, 5) is 12.3. The van der Waals surface area contributed by atoms with E-state index >= 15 is 0 Å². The zero-order chi connectivity index (χ0) is 25.7. The third-order valence-electron chi connectivity index (χ3n) is 5.50. The molecule has 1 aliphatic heterocycles. The van der Waals surface area contributed by atoms with Crippen molar-refractivity contribution in [3.05, 3.63) is 23.7 Å². The van der Waals surface area contributed by atoms with E-state index in [9.17, 15) is 21.6 Å². The van der Waals surface area contributed by atoms with Crippen molar-refractivity contribution in [3.63, 3.8) is 0 Å². The number of hydrogen-bond donors (Lipinski definition) is 1. The smallest absolute Gasteiger partial charge is 0.419 e. The van der Waals surface area contributed by atoms with E-state index in [4.69, 9.17) is 4.74 Å². The molecule has 12 heteroatoms. The predicted molar refractivity (Wildman–Crippen MR) is 127 cm³/mol. The minimum atomic E-state index is -4.64. The van der Waals surface area contributed by atoms with Gasteiger partial charge in [0.1, 0.15) is 0 Å². The van der Waals surface area contributed by atoms with Crippen LogP contribution >= 0.6 is 0 Å². The number of allylic oxidation sites excluding steroid dienone is 1. The van der Waals surface area contributed by atoms with Crippen LogP contribution in [0.15, 0.2) is 17.4 Å². The first-order valence-electron chi connectivity index (χ1n) is 11.3. The molecule has 1 atom stereocenters. The summed E-state index contributed by atoms with van der Waals surface area (Å²) >= 11 is 0. The monoisotopic (exact) mass is 505 g/mol. The maximum atomic E-state index is 13.7. The number of aromatic nitrogens is 2. The van der Waals surface area contributed by atoms with Crippen LogP contribution in [0.3, 0.4) is 0 Å². The van der Waals surface area contributed by atoms with Crippen molar-refractivity contribution >= 4 is 27.4 Å². The molecule has 2 rings (SSSR count). The number of halogens is 3. The standard InChI is InChI=1S/C22H34F3N5O3S/c1-7-15(4)20(33-14(2)3)26-12-16(5)19-18(22(23,24)25)13-27-21(29-19)28-17-8-10-30(11-9-17)34(6,31)32/h12-15,17H,7-11H2,1-6H3,(H,27,28,29)/b16-12+,26-20?. The highest BCUT2D eigenvalue weighted by Gasteiger charge is 2.36. The average Bonchev–Trinajstić information content (AvgIpc) is 2.74. The molecule has 0 radical (unpaired) electrons. The van der Waals surface area contributed by atoms with Gasteiger partial charge in [0.15, 0.2) is 5.90 Å². The first kappa shape index (κ1) is 28.0. The third-order valence-corrected chi connectivity index (χ3v) is 6.80. The van der Waals surface area contributed by atoms with Crippen molar-refractivity contribution in [1.29, 1.82) is 0 Å². The van der Waals surface area contributed by atoms with Crippen molar-refractivity contribution < 1.29 is 26.3 Å². The van der Waals surface area contributed by atoms with Gasteiger partial charge in [-0.15, -0.1) is 0 Å². The summed E-state index contributed by atoms with van der Waals surface area (Å²) in [7, 11) is -3.27. The van der Waals surface area contributed by atoms with Crippen LogP contribution in [0.4, 0.5) is 19.1 Å². The van der Waals surface area contributed by atoms with Crippen molar-refractivity contribution in [3.8, 4) is 0 Å². The van der Waals surface area contributed by atoms with Gasteiger partial charge in [0.2, 0.25) is 16.0 Å². The number of hydrogen-bond acceptors (Lipinski definition) is 7. The summed E-state index contributed by atoms with van der Waals surface area (Å²) in [6, 6.07) is -0.152. The highest BCUT2D eigenvalue weighted by molar-refractivity contribution is 7.88. The summed E-state index contributed by atoms with van der Waals surface area (Å²) in [5.41, 5.74) is -1.00. The molecule has 192 valence electrons. The molecule has 2 heterocycles. The molecule has 1 aliphatic rings. The fraction of sp³-hybridized carbons (Fsp3) is 0.682. The molecule has 0 aromatic carbocycles. The summed E-state index contributed by atoms with van der Waals surface area (Å²) in [5, 5.41) is 3.05. The van der Waals surface area contributed by atoms with Gasteiger partial charge in [-0.25, -0.2) is 27.7 Å². The molecule has 1 saturated heterocycles. The van der Waals surface area contributed by atoms with E-state index in [1.807, 2.05) is 27.7 Å². The van der Waals surface area contributed by atoms with E-state index < -0.39 is 21.8 Å². The summed E-state index contributed by atoms with van der Waals surface area (Å²) in [6.07, 6.45) is 0.271. The number of nitrogens with zero attached hydrogens (tertiary/aromatic N) is 4. The molecule has 1 aromatic heterocycles. The van der Waals surface area contributed by atoms with Crippen molar-refractivity contribution in [2.24, 2.45) is 10.9 Å². The largest absolute Gasteiger partial charge is 0.478 e. The summed E-state index contributed by atoms with van der Waals surface area (Å²) in [5.74, 6) is 0.516. The Bertz CT molecular complexity index is 1000. The second-order valence-electron chi connectivity index (χ2n) is 8.79. The van der Waals surface area contributed by atoms with Gasteiger partial charge in [-0.1, -0.05) is 13.8 Å². The van der Waals surface area contributed by atoms with Crippen molar-refractivity contribution in [2.45, 2.75) is 72.2 Å². The van der Waals surface area contributed by atoms with E-state index in [1.54, 1.807) is 0 Å². The third kappa shape index (κ3) is 7.93. The van der Waals surface area contributed by atoms with Gasteiger partial charge in [0, 0.05) is 37.4 Å². The van der Waals surface area contributed by atoms with Gasteiger partial charge in [0.05, 0.1) is 23.6 Å². The molecule has 8 nitrogen and oxygen atoms in total. The van der Waals surface area contributed by atoms with Gasteiger partial charge in [-0.3, -0.25) is 0 Å². The lowest BCUT2D eigenvalue weighted by atomic mass is 10.1. The van der Waals surface area contributed by atoms with Crippen LogP contribution in [0.25, 0.3) is 5.57 Å². The molecular weight excluding hydrogens is 471 g/mol. The Morgan fingerprint density at radius 3 is 2.44 bits per heavy atom. The number of ether oxygens (including phenoxy) is 1. The van der Waals surface area contributed by atoms with E-state index in [-0.39, 0.29) is 35.3 Å². The first-order chi connectivity index (χ1) is 15.7. The molecule has 1 aromatic rings. The first-order valence-corrected chi connectivity index (χ1v) is 13.1. The van der Waals surface area contributed by atoms with E-state index in [0.29, 0.717) is 31.8 Å². The number of piperidine rings is 1. The Kier molecular flexibility index (Phi) is 9.46. The van der Waals surface area contributed by atoms with Gasteiger partial charge in [-0.2, -0.15) is 13.2 Å². The Hall–Kier alpha value is -2.21. The molecule has 1 N–H and O–H groups in total. The quantitative estimate of drug-likeness (QED) is 0.411. The van der Waals surface area contributed by atoms with E-state index in [2.05, 4.69) is 20.3 Å². The van der Waals surface area contributed by atoms with Gasteiger partial charge < -0.3 is 10.1 Å². The van der Waals surface area contributed by atoms with Crippen LogP contribution in [0.5, 0.6) is 0 Å². The van der Waals surface area contributed by atoms with Gasteiger partial charge in [-0.05, 0) is 45.6 Å². The van der Waals surface area contributed by atoms with Crippen LogP contribution in [0.1, 0.15) is 65.1 Å². The highest BCUT2D eigenvalue weighted by atomic mass is 32.2. The topological polar surface area (TPSA) is 96.8 Å². The molecular formula is C22H34F3N5O3S. The maximum Gasteiger partial charge on any atom is 0.419 e. The Labute approximate surface area is 199 Å². The minimum absolute atomic E-state index is 0.00830. The lowest BCUT2D eigenvalue weighted by Crippen LogP contribution is -2.42. The lowest BCUT2D eigenvalue weighted by Gasteiger charge is -2.30. The second kappa shape index (κ2) is 11.5. The van der Waals surface area contributed by atoms with Crippen molar-refractivity contribution in [1.82, 2.24) is 14.3 Å². The minimum Gasteiger partial charge on any atom is -0.478 e. The average molecular weight is 506 g/mol. The number of nitrogens with one attached hydrogen (secondary N) is 1. The van der Waals surface area contributed by atoms with E-state index in [1.165, 1.54) is 17.4 Å². The zero-order valence-electron chi connectivity index (χ0n) is 20.5. The summed E-state index contributed by atoms with van der Waals surface area (Å²) in [6.45, 7) is 9.80. The lowest BCUT2D eigenvalue weighted by molar-refractivity contribution is -0.138. The number of anilines is 1. The number of alkyl halides is 3. The highest BCUT2D eigenvalue weighted by Crippen LogP contribution is 2.34. The summed E-state index contributed by atoms with van der Waals surface area (Å²) < 4.78 is 71.4. The Balaban J connectivity index is 2.32. The van der Waals surface area contributed by atoms with Gasteiger partial charge >= 0.3 is 6.18 Å². The van der Waals surface area contributed by atoms with Crippen LogP contribution in [0, 0.1) is 5.92 Å². The Morgan fingerprint density at radius 1 is 1.32 bits per heavy atom. The molecule has 0 amide bonds. The molecule has 34 heavy (non-hydrogen) atoms. The van der Waals surface area contributed by atoms with Crippen LogP contribution < -0.4 is 5.32 Å². The number of rotatable bonds is 8. The van der Waals surface area contributed by atoms with Crippen LogP contribution in [-0.4, -0.2) is 60.1 Å².